The Morgan fingerprint density at radius 1 is 1.19 bits per heavy atom. The third-order valence-electron chi connectivity index (χ3n) is 4.24. The van der Waals surface area contributed by atoms with E-state index in [9.17, 15) is 22.8 Å². The summed E-state index contributed by atoms with van der Waals surface area (Å²) in [6.07, 6.45) is -1.06. The van der Waals surface area contributed by atoms with Gasteiger partial charge in [-0.05, 0) is 43.5 Å². The van der Waals surface area contributed by atoms with Crippen molar-refractivity contribution in [3.63, 3.8) is 0 Å². The first-order valence-corrected chi connectivity index (χ1v) is 8.98. The first-order valence-electron chi connectivity index (χ1n) is 8.98. The Hall–Kier alpha value is -2.45. The molecule has 1 fully saturated rings. The van der Waals surface area contributed by atoms with Gasteiger partial charge in [0.15, 0.2) is 0 Å². The number of halogens is 3. The van der Waals surface area contributed by atoms with E-state index >= 15 is 0 Å². The Bertz CT molecular complexity index is 627. The molecule has 0 spiro atoms. The van der Waals surface area contributed by atoms with Gasteiger partial charge in [-0.3, -0.25) is 4.79 Å². The Kier molecular flexibility index (Phi) is 7.32. The standard InChI is InChI=1S/C18H24F3N3O3/c1-2-3-4-16(25)22-14-9-11-24(12-10-14)17(26)23-13-5-7-15(8-6-13)27-18(19,20)21/h5-8,14H,2-4,9-12H2,1H3,(H,22,25)(H,23,26). The number of urea groups is 1. The molecule has 0 aromatic heterocycles. The molecule has 0 aliphatic carbocycles. The Morgan fingerprint density at radius 2 is 1.81 bits per heavy atom. The fraction of sp³-hybridized carbons (Fsp3) is 0.556. The summed E-state index contributed by atoms with van der Waals surface area (Å²) < 4.78 is 40.2. The average molecular weight is 387 g/mol. The van der Waals surface area contributed by atoms with Crippen LogP contribution in [0.15, 0.2) is 24.3 Å². The van der Waals surface area contributed by atoms with Crippen LogP contribution in [0.3, 0.4) is 0 Å². The number of likely N-dealkylation sites (tertiary alicyclic amines) is 1. The third kappa shape index (κ3) is 7.36. The first-order chi connectivity index (χ1) is 12.8. The van der Waals surface area contributed by atoms with Crippen molar-refractivity contribution in [3.05, 3.63) is 24.3 Å². The van der Waals surface area contributed by atoms with E-state index in [2.05, 4.69) is 15.4 Å². The average Bonchev–Trinajstić information content (AvgIpc) is 2.61. The predicted molar refractivity (Wildman–Crippen MR) is 94.4 cm³/mol. The second-order valence-corrected chi connectivity index (χ2v) is 6.43. The van der Waals surface area contributed by atoms with Crippen LogP contribution in [0.2, 0.25) is 0 Å². The molecule has 9 heteroatoms. The maximum Gasteiger partial charge on any atom is 0.573 e. The molecule has 1 aliphatic rings. The highest BCUT2D eigenvalue weighted by molar-refractivity contribution is 5.89. The number of rotatable bonds is 6. The van der Waals surface area contributed by atoms with Crippen LogP contribution in [0.1, 0.15) is 39.0 Å². The van der Waals surface area contributed by atoms with Crippen LogP contribution in [0.25, 0.3) is 0 Å². The van der Waals surface area contributed by atoms with Crippen LogP contribution < -0.4 is 15.4 Å². The minimum absolute atomic E-state index is 0.0425. The van der Waals surface area contributed by atoms with E-state index in [4.69, 9.17) is 0 Å². The molecule has 0 unspecified atom stereocenters. The molecule has 150 valence electrons. The van der Waals surface area contributed by atoms with Gasteiger partial charge >= 0.3 is 12.4 Å². The van der Waals surface area contributed by atoms with Gasteiger partial charge < -0.3 is 20.3 Å². The number of ether oxygens (including phenoxy) is 1. The molecular weight excluding hydrogens is 363 g/mol. The molecule has 1 aromatic rings. The van der Waals surface area contributed by atoms with E-state index in [1.165, 1.54) is 12.1 Å². The number of benzene rings is 1. The molecule has 0 bridgehead atoms. The molecule has 27 heavy (non-hydrogen) atoms. The van der Waals surface area contributed by atoms with Crippen LogP contribution in [-0.4, -0.2) is 42.3 Å². The minimum Gasteiger partial charge on any atom is -0.406 e. The van der Waals surface area contributed by atoms with Crippen molar-refractivity contribution in [1.29, 1.82) is 0 Å². The quantitative estimate of drug-likeness (QED) is 0.778. The molecule has 0 saturated carbocycles. The SMILES string of the molecule is CCCCC(=O)NC1CCN(C(=O)Nc2ccc(OC(F)(F)F)cc2)CC1. The summed E-state index contributed by atoms with van der Waals surface area (Å²) in [5.41, 5.74) is 0.379. The van der Waals surface area contributed by atoms with E-state index in [1.54, 1.807) is 4.90 Å². The number of carbonyl (C=O) groups is 2. The zero-order chi connectivity index (χ0) is 19.9. The zero-order valence-corrected chi connectivity index (χ0v) is 15.1. The highest BCUT2D eigenvalue weighted by Gasteiger charge is 2.31. The van der Waals surface area contributed by atoms with Gasteiger partial charge in [-0.2, -0.15) is 0 Å². The van der Waals surface area contributed by atoms with Crippen molar-refractivity contribution in [2.75, 3.05) is 18.4 Å². The van der Waals surface area contributed by atoms with Crippen LogP contribution in [-0.2, 0) is 4.79 Å². The number of carbonyl (C=O) groups excluding carboxylic acids is 2. The van der Waals surface area contributed by atoms with Crippen molar-refractivity contribution < 1.29 is 27.5 Å². The fourth-order valence-corrected chi connectivity index (χ4v) is 2.81. The topological polar surface area (TPSA) is 70.7 Å². The maximum atomic E-state index is 12.3. The molecule has 0 radical (unpaired) electrons. The van der Waals surface area contributed by atoms with Gasteiger partial charge in [0.25, 0.3) is 0 Å². The van der Waals surface area contributed by atoms with E-state index < -0.39 is 6.36 Å². The van der Waals surface area contributed by atoms with Gasteiger partial charge in [0.1, 0.15) is 5.75 Å². The lowest BCUT2D eigenvalue weighted by atomic mass is 10.0. The normalized spacial score (nSPS) is 15.3. The van der Waals surface area contributed by atoms with E-state index in [0.29, 0.717) is 38.0 Å². The summed E-state index contributed by atoms with van der Waals surface area (Å²) in [6.45, 7) is 3.03. The van der Waals surface area contributed by atoms with Gasteiger partial charge in [-0.25, -0.2) is 4.79 Å². The summed E-state index contributed by atoms with van der Waals surface area (Å²) in [4.78, 5) is 25.6. The summed E-state index contributed by atoms with van der Waals surface area (Å²) in [5, 5.41) is 5.63. The highest BCUT2D eigenvalue weighted by Crippen LogP contribution is 2.24. The molecule has 1 saturated heterocycles. The van der Waals surface area contributed by atoms with Crippen molar-refractivity contribution in [1.82, 2.24) is 10.2 Å². The van der Waals surface area contributed by atoms with E-state index in [1.807, 2.05) is 6.92 Å². The molecule has 1 heterocycles. The van der Waals surface area contributed by atoms with Crippen molar-refractivity contribution in [2.24, 2.45) is 0 Å². The van der Waals surface area contributed by atoms with Gasteiger partial charge in [-0.15, -0.1) is 13.2 Å². The molecule has 6 nitrogen and oxygen atoms in total. The molecule has 3 amide bonds. The molecule has 2 N–H and O–H groups in total. The lowest BCUT2D eigenvalue weighted by Gasteiger charge is -2.32. The molecule has 2 rings (SSSR count). The summed E-state index contributed by atoms with van der Waals surface area (Å²) >= 11 is 0. The smallest absolute Gasteiger partial charge is 0.406 e. The molecular formula is C18H24F3N3O3. The highest BCUT2D eigenvalue weighted by atomic mass is 19.4. The number of nitrogens with zero attached hydrogens (tertiary/aromatic N) is 1. The number of alkyl halides is 3. The number of unbranched alkanes of at least 4 members (excludes halogenated alkanes) is 1. The van der Waals surface area contributed by atoms with Crippen LogP contribution >= 0.6 is 0 Å². The monoisotopic (exact) mass is 387 g/mol. The third-order valence-corrected chi connectivity index (χ3v) is 4.24. The fourth-order valence-electron chi connectivity index (χ4n) is 2.81. The van der Waals surface area contributed by atoms with Crippen LogP contribution in [0.5, 0.6) is 5.75 Å². The number of amides is 3. The van der Waals surface area contributed by atoms with Gasteiger partial charge in [-0.1, -0.05) is 13.3 Å². The van der Waals surface area contributed by atoms with Crippen molar-refractivity contribution in [2.45, 2.75) is 51.4 Å². The summed E-state index contributed by atoms with van der Waals surface area (Å²) in [6, 6.07) is 4.72. The Labute approximate surface area is 156 Å². The summed E-state index contributed by atoms with van der Waals surface area (Å²) in [5.74, 6) is -0.305. The maximum absolute atomic E-state index is 12.3. The lowest BCUT2D eigenvalue weighted by molar-refractivity contribution is -0.274. The first kappa shape index (κ1) is 20.9. The Balaban J connectivity index is 1.76. The van der Waals surface area contributed by atoms with E-state index in [0.717, 1.165) is 25.0 Å². The van der Waals surface area contributed by atoms with Gasteiger partial charge in [0.05, 0.1) is 0 Å². The van der Waals surface area contributed by atoms with Crippen LogP contribution in [0, 0.1) is 0 Å². The number of anilines is 1. The second kappa shape index (κ2) is 9.48. The Morgan fingerprint density at radius 3 is 2.37 bits per heavy atom. The largest absolute Gasteiger partial charge is 0.573 e. The van der Waals surface area contributed by atoms with Crippen LogP contribution in [0.4, 0.5) is 23.7 Å². The second-order valence-electron chi connectivity index (χ2n) is 6.43. The zero-order valence-electron chi connectivity index (χ0n) is 15.1. The number of nitrogens with one attached hydrogen (secondary N) is 2. The number of hydrogen-bond acceptors (Lipinski definition) is 3. The summed E-state index contributed by atoms with van der Waals surface area (Å²) in [7, 11) is 0. The number of hydrogen-bond donors (Lipinski definition) is 2. The van der Waals surface area contributed by atoms with Gasteiger partial charge in [0.2, 0.25) is 5.91 Å². The minimum atomic E-state index is -4.75. The van der Waals surface area contributed by atoms with Gasteiger partial charge in [0, 0.05) is 31.2 Å². The number of piperidine rings is 1. The molecule has 0 atom stereocenters. The molecule has 1 aromatic carbocycles. The van der Waals surface area contributed by atoms with Crippen molar-refractivity contribution >= 4 is 17.6 Å². The van der Waals surface area contributed by atoms with Crippen molar-refractivity contribution in [3.8, 4) is 5.75 Å². The molecule has 1 aliphatic heterocycles. The lowest BCUT2D eigenvalue weighted by Crippen LogP contribution is -2.47. The van der Waals surface area contributed by atoms with E-state index in [-0.39, 0.29) is 23.7 Å². The predicted octanol–water partition coefficient (Wildman–Crippen LogP) is 3.89.